The molecule has 0 amide bonds. The molecule has 0 N–H and O–H groups in total. The van der Waals surface area contributed by atoms with E-state index in [1.807, 2.05) is 0 Å². The molecule has 4 rings (SSSR count). The van der Waals surface area contributed by atoms with Crippen LogP contribution in [0.4, 0.5) is 0 Å². The quantitative estimate of drug-likeness (QED) is 0.681. The maximum atomic E-state index is 13.0. The van der Waals surface area contributed by atoms with E-state index in [0.717, 1.165) is 24.9 Å². The molecule has 9 heteroatoms. The van der Waals surface area contributed by atoms with Gasteiger partial charge in [0.05, 0.1) is 11.9 Å². The number of nitrogens with zero attached hydrogens (tertiary/aromatic N) is 6. The van der Waals surface area contributed by atoms with Crippen molar-refractivity contribution in [2.24, 2.45) is 7.05 Å². The van der Waals surface area contributed by atoms with Gasteiger partial charge in [-0.3, -0.25) is 4.68 Å². The highest BCUT2D eigenvalue weighted by Crippen LogP contribution is 2.33. The van der Waals surface area contributed by atoms with Gasteiger partial charge in [-0.1, -0.05) is 6.92 Å². The lowest BCUT2D eigenvalue weighted by Gasteiger charge is -2.32. The molecule has 1 fully saturated rings. The number of piperidine rings is 1. The summed E-state index contributed by atoms with van der Waals surface area (Å²) < 4.78 is 30.9. The van der Waals surface area contributed by atoms with E-state index in [-0.39, 0.29) is 0 Å². The summed E-state index contributed by atoms with van der Waals surface area (Å²) in [7, 11) is -1.74. The first-order valence-electron chi connectivity index (χ1n) is 9.22. The number of sulfonamides is 1. The molecule has 1 aliphatic heterocycles. The smallest absolute Gasteiger partial charge is 0.246 e. The van der Waals surface area contributed by atoms with Crippen molar-refractivity contribution in [3.05, 3.63) is 41.6 Å². The molecular formula is C18H24N6O2S. The summed E-state index contributed by atoms with van der Waals surface area (Å²) in [5.74, 6) is 0.329. The van der Waals surface area contributed by atoms with E-state index in [9.17, 15) is 8.42 Å². The van der Waals surface area contributed by atoms with Crippen LogP contribution in [0.1, 0.15) is 42.5 Å². The fourth-order valence-electron chi connectivity index (χ4n) is 3.87. The van der Waals surface area contributed by atoms with Gasteiger partial charge in [-0.15, -0.1) is 0 Å². The van der Waals surface area contributed by atoms with Crippen molar-refractivity contribution in [3.63, 3.8) is 0 Å². The predicted molar refractivity (Wildman–Crippen MR) is 101 cm³/mol. The minimum absolute atomic E-state index is 0.307. The van der Waals surface area contributed by atoms with Crippen molar-refractivity contribution < 1.29 is 8.42 Å². The average Bonchev–Trinajstić information content (AvgIpc) is 3.27. The first-order chi connectivity index (χ1) is 12.9. The summed E-state index contributed by atoms with van der Waals surface area (Å²) in [5, 5.41) is 8.33. The molecule has 3 aromatic rings. The predicted octanol–water partition coefficient (Wildman–Crippen LogP) is 1.90. The van der Waals surface area contributed by atoms with E-state index < -0.39 is 10.0 Å². The van der Waals surface area contributed by atoms with E-state index in [4.69, 9.17) is 0 Å². The molecule has 1 aliphatic rings. The van der Waals surface area contributed by atoms with Gasteiger partial charge in [0.2, 0.25) is 10.0 Å². The summed E-state index contributed by atoms with van der Waals surface area (Å²) in [4.78, 5) is 4.57. The number of aromatic nitrogens is 5. The second-order valence-electron chi connectivity index (χ2n) is 7.07. The summed E-state index contributed by atoms with van der Waals surface area (Å²) in [6, 6.07) is 2.09. The Morgan fingerprint density at radius 1 is 1.22 bits per heavy atom. The van der Waals surface area contributed by atoms with Crippen molar-refractivity contribution in [1.82, 2.24) is 28.7 Å². The Hall–Kier alpha value is -2.26. The van der Waals surface area contributed by atoms with Crippen molar-refractivity contribution in [1.29, 1.82) is 0 Å². The van der Waals surface area contributed by atoms with E-state index >= 15 is 0 Å². The summed E-state index contributed by atoms with van der Waals surface area (Å²) in [6.45, 7) is 4.95. The largest absolute Gasteiger partial charge is 0.272 e. The molecule has 0 radical (unpaired) electrons. The van der Waals surface area contributed by atoms with Crippen molar-refractivity contribution in [2.75, 3.05) is 13.1 Å². The molecular weight excluding hydrogens is 364 g/mol. The first kappa shape index (κ1) is 18.1. The lowest BCUT2D eigenvalue weighted by Crippen LogP contribution is -2.38. The highest BCUT2D eigenvalue weighted by Gasteiger charge is 2.32. The van der Waals surface area contributed by atoms with Crippen LogP contribution >= 0.6 is 0 Å². The van der Waals surface area contributed by atoms with Gasteiger partial charge in [-0.25, -0.2) is 17.9 Å². The molecule has 0 aromatic carbocycles. The Balaban J connectivity index is 1.56. The lowest BCUT2D eigenvalue weighted by atomic mass is 9.87. The SMILES string of the molecule is CCc1cc2ncnn2cc1C1CCN(S(=O)(=O)c2cnn(C)c2C)CC1. The van der Waals surface area contributed by atoms with E-state index in [1.54, 1.807) is 33.8 Å². The second-order valence-corrected chi connectivity index (χ2v) is 8.97. The zero-order valence-corrected chi connectivity index (χ0v) is 16.6. The molecule has 4 heterocycles. The van der Waals surface area contributed by atoms with Gasteiger partial charge < -0.3 is 0 Å². The average molecular weight is 388 g/mol. The van der Waals surface area contributed by atoms with Crippen LogP contribution in [0.5, 0.6) is 0 Å². The van der Waals surface area contributed by atoms with Gasteiger partial charge in [-0.2, -0.15) is 14.5 Å². The van der Waals surface area contributed by atoms with Gasteiger partial charge in [-0.05, 0) is 49.3 Å². The maximum absolute atomic E-state index is 13.0. The molecule has 0 aliphatic carbocycles. The Bertz CT molecular complexity index is 1080. The van der Waals surface area contributed by atoms with Gasteiger partial charge in [0.1, 0.15) is 11.2 Å². The minimum Gasteiger partial charge on any atom is -0.272 e. The number of aryl methyl sites for hydroxylation is 2. The minimum atomic E-state index is -3.50. The van der Waals surface area contributed by atoms with Crippen LogP contribution in [0.2, 0.25) is 0 Å². The molecule has 0 spiro atoms. The summed E-state index contributed by atoms with van der Waals surface area (Å²) in [5.41, 5.74) is 4.04. The van der Waals surface area contributed by atoms with Crippen LogP contribution < -0.4 is 0 Å². The van der Waals surface area contributed by atoms with Crippen LogP contribution in [-0.2, 0) is 23.5 Å². The van der Waals surface area contributed by atoms with Gasteiger partial charge in [0.25, 0.3) is 0 Å². The van der Waals surface area contributed by atoms with E-state index in [1.165, 1.54) is 17.3 Å². The van der Waals surface area contributed by atoms with Gasteiger partial charge in [0, 0.05) is 26.3 Å². The fourth-order valence-corrected chi connectivity index (χ4v) is 5.52. The molecule has 0 saturated carbocycles. The van der Waals surface area contributed by atoms with Crippen LogP contribution in [0.25, 0.3) is 5.65 Å². The van der Waals surface area contributed by atoms with Crippen molar-refractivity contribution >= 4 is 15.7 Å². The third-order valence-corrected chi connectivity index (χ3v) is 7.62. The Morgan fingerprint density at radius 3 is 2.59 bits per heavy atom. The Kier molecular flexibility index (Phi) is 4.51. The molecule has 3 aromatic heterocycles. The Labute approximate surface area is 158 Å². The monoisotopic (exact) mass is 388 g/mol. The van der Waals surface area contributed by atoms with Gasteiger partial charge >= 0.3 is 0 Å². The summed E-state index contributed by atoms with van der Waals surface area (Å²) in [6.07, 6.45) is 7.58. The Morgan fingerprint density at radius 2 is 1.96 bits per heavy atom. The van der Waals surface area contributed by atoms with Crippen molar-refractivity contribution in [3.8, 4) is 0 Å². The van der Waals surface area contributed by atoms with Crippen molar-refractivity contribution in [2.45, 2.75) is 43.9 Å². The first-order valence-corrected chi connectivity index (χ1v) is 10.7. The number of pyridine rings is 1. The second kappa shape index (κ2) is 6.72. The standard InChI is InChI=1S/C18H24N6O2S/c1-4-14-9-18-19-12-21-24(18)11-16(14)15-5-7-23(8-6-15)27(25,26)17-10-20-22(3)13(17)2/h9-12,15H,4-8H2,1-3H3. The third kappa shape index (κ3) is 3.04. The number of hydrogen-bond donors (Lipinski definition) is 0. The number of fused-ring (bicyclic) bond motifs is 1. The molecule has 0 atom stereocenters. The zero-order chi connectivity index (χ0) is 19.2. The van der Waals surface area contributed by atoms with Crippen LogP contribution in [0.3, 0.4) is 0 Å². The molecule has 0 unspecified atom stereocenters. The lowest BCUT2D eigenvalue weighted by molar-refractivity contribution is 0.318. The molecule has 0 bridgehead atoms. The maximum Gasteiger partial charge on any atom is 0.246 e. The molecule has 1 saturated heterocycles. The van der Waals surface area contributed by atoms with Crippen LogP contribution in [0, 0.1) is 6.92 Å². The van der Waals surface area contributed by atoms with Crippen LogP contribution in [0.15, 0.2) is 29.7 Å². The normalized spacial score (nSPS) is 17.0. The molecule has 8 nitrogen and oxygen atoms in total. The molecule has 144 valence electrons. The van der Waals surface area contributed by atoms with Gasteiger partial charge in [0.15, 0.2) is 5.65 Å². The zero-order valence-electron chi connectivity index (χ0n) is 15.8. The highest BCUT2D eigenvalue weighted by atomic mass is 32.2. The highest BCUT2D eigenvalue weighted by molar-refractivity contribution is 7.89. The molecule has 27 heavy (non-hydrogen) atoms. The van der Waals surface area contributed by atoms with E-state index in [0.29, 0.717) is 29.6 Å². The van der Waals surface area contributed by atoms with Crippen LogP contribution in [-0.4, -0.2) is 50.2 Å². The summed E-state index contributed by atoms with van der Waals surface area (Å²) >= 11 is 0. The topological polar surface area (TPSA) is 85.4 Å². The number of rotatable bonds is 4. The number of hydrogen-bond acceptors (Lipinski definition) is 5. The van der Waals surface area contributed by atoms with E-state index in [2.05, 4.69) is 34.4 Å². The third-order valence-electron chi connectivity index (χ3n) is 5.62. The fraction of sp³-hybridized carbons (Fsp3) is 0.500.